The number of aryl methyl sites for hydroxylation is 1. The van der Waals surface area contributed by atoms with E-state index in [4.69, 9.17) is 21.1 Å². The van der Waals surface area contributed by atoms with Crippen LogP contribution in [0.3, 0.4) is 0 Å². The van der Waals surface area contributed by atoms with Gasteiger partial charge in [-0.25, -0.2) is 4.79 Å². The molecule has 0 saturated carbocycles. The number of nitrogens with one attached hydrogen (secondary N) is 1. The molecule has 3 aromatic carbocycles. The van der Waals surface area contributed by atoms with Crippen LogP contribution in [0.5, 0.6) is 0 Å². The maximum Gasteiger partial charge on any atom is 0.322 e. The number of amides is 2. The molecule has 34 heavy (non-hydrogen) atoms. The Morgan fingerprint density at radius 3 is 2.53 bits per heavy atom. The highest BCUT2D eigenvalue weighted by Crippen LogP contribution is 2.38. The van der Waals surface area contributed by atoms with Gasteiger partial charge in [-0.3, -0.25) is 4.90 Å². The first-order valence-corrected chi connectivity index (χ1v) is 11.4. The second-order valence-corrected chi connectivity index (χ2v) is 8.67. The molecule has 1 aliphatic heterocycles. The molecule has 0 fully saturated rings. The fourth-order valence-electron chi connectivity index (χ4n) is 4.18. The van der Waals surface area contributed by atoms with Gasteiger partial charge in [-0.05, 0) is 37.1 Å². The number of carbonyl (C=O) groups excluding carboxylic acids is 1. The average Bonchev–Trinajstić information content (AvgIpc) is 3.33. The molecule has 1 unspecified atom stereocenters. The molecular formula is C27H23ClN4O2. The highest BCUT2D eigenvalue weighted by Gasteiger charge is 2.35. The summed E-state index contributed by atoms with van der Waals surface area (Å²) in [4.78, 5) is 19.6. The van der Waals surface area contributed by atoms with Crippen molar-refractivity contribution in [2.45, 2.75) is 26.4 Å². The molecule has 0 aliphatic carbocycles. The highest BCUT2D eigenvalue weighted by molar-refractivity contribution is 6.31. The molecule has 0 saturated heterocycles. The third kappa shape index (κ3) is 4.20. The Balaban J connectivity index is 1.61. The van der Waals surface area contributed by atoms with Crippen molar-refractivity contribution in [3.05, 3.63) is 112 Å². The maximum absolute atomic E-state index is 13.2. The van der Waals surface area contributed by atoms with Gasteiger partial charge in [0.15, 0.2) is 0 Å². The summed E-state index contributed by atoms with van der Waals surface area (Å²) in [5.41, 5.74) is 5.25. The van der Waals surface area contributed by atoms with Gasteiger partial charge in [0.25, 0.3) is 5.89 Å². The Morgan fingerprint density at radius 1 is 1.00 bits per heavy atom. The van der Waals surface area contributed by atoms with Gasteiger partial charge in [-0.2, -0.15) is 4.98 Å². The van der Waals surface area contributed by atoms with E-state index in [1.54, 1.807) is 4.90 Å². The van der Waals surface area contributed by atoms with E-state index in [-0.39, 0.29) is 6.03 Å². The lowest BCUT2D eigenvalue weighted by atomic mass is 9.94. The molecule has 2 heterocycles. The van der Waals surface area contributed by atoms with E-state index in [9.17, 15) is 4.79 Å². The lowest BCUT2D eigenvalue weighted by molar-refractivity contribution is 0.203. The molecule has 1 aromatic heterocycles. The molecule has 6 nitrogen and oxygen atoms in total. The van der Waals surface area contributed by atoms with Crippen molar-refractivity contribution in [2.24, 2.45) is 0 Å². The van der Waals surface area contributed by atoms with Gasteiger partial charge in [0.05, 0.1) is 18.2 Å². The minimum Gasteiger partial charge on any atom is -0.334 e. The van der Waals surface area contributed by atoms with Crippen LogP contribution in [0.1, 0.15) is 35.5 Å². The fraction of sp³-hybridized carbons (Fsp3) is 0.148. The standard InChI is InChI=1S/C27H23ClN4O2/c1-17-9-8-13-20(15-17)25-30-26(34-31-25)23-18(2)32(16-21-12-6-7-14-22(21)28)27(33)29-24(23)19-10-4-3-5-11-19/h3-15,24H,16H2,1-2H3,(H,29,33). The Bertz CT molecular complexity index is 1380. The molecule has 0 radical (unpaired) electrons. The molecule has 2 amide bonds. The quantitative estimate of drug-likeness (QED) is 0.366. The van der Waals surface area contributed by atoms with Crippen molar-refractivity contribution in [1.29, 1.82) is 0 Å². The smallest absolute Gasteiger partial charge is 0.322 e. The van der Waals surface area contributed by atoms with Crippen molar-refractivity contribution in [3.63, 3.8) is 0 Å². The SMILES string of the molecule is CC1=C(c2nc(-c3cccc(C)c3)no2)C(c2ccccc2)NC(=O)N1Cc1ccccc1Cl. The van der Waals surface area contributed by atoms with Crippen LogP contribution in [-0.4, -0.2) is 21.1 Å². The molecule has 1 aliphatic rings. The number of hydrogen-bond donors (Lipinski definition) is 1. The molecule has 0 spiro atoms. The molecule has 1 N–H and O–H groups in total. The normalized spacial score (nSPS) is 16.0. The van der Waals surface area contributed by atoms with Gasteiger partial charge in [0.1, 0.15) is 0 Å². The minimum atomic E-state index is -0.429. The summed E-state index contributed by atoms with van der Waals surface area (Å²) in [7, 11) is 0. The maximum atomic E-state index is 13.2. The van der Waals surface area contributed by atoms with Gasteiger partial charge >= 0.3 is 6.03 Å². The number of halogens is 1. The molecule has 4 aromatic rings. The second kappa shape index (κ2) is 9.15. The number of carbonyl (C=O) groups is 1. The van der Waals surface area contributed by atoms with Crippen LogP contribution in [0, 0.1) is 6.92 Å². The monoisotopic (exact) mass is 470 g/mol. The van der Waals surface area contributed by atoms with Crippen molar-refractivity contribution < 1.29 is 9.32 Å². The molecule has 0 bridgehead atoms. The number of rotatable bonds is 5. The Morgan fingerprint density at radius 2 is 1.76 bits per heavy atom. The van der Waals surface area contributed by atoms with E-state index in [0.29, 0.717) is 23.3 Å². The van der Waals surface area contributed by atoms with E-state index >= 15 is 0 Å². The molecule has 1 atom stereocenters. The Hall–Kier alpha value is -3.90. The van der Waals surface area contributed by atoms with E-state index < -0.39 is 6.04 Å². The Labute approximate surface area is 202 Å². The minimum absolute atomic E-state index is 0.214. The summed E-state index contributed by atoms with van der Waals surface area (Å²) in [5, 5.41) is 7.96. The van der Waals surface area contributed by atoms with Gasteiger partial charge in [-0.15, -0.1) is 0 Å². The third-order valence-corrected chi connectivity index (χ3v) is 6.32. The first-order valence-electron chi connectivity index (χ1n) is 11.0. The predicted octanol–water partition coefficient (Wildman–Crippen LogP) is 6.40. The molecular weight excluding hydrogens is 448 g/mol. The van der Waals surface area contributed by atoms with Crippen molar-refractivity contribution >= 4 is 23.2 Å². The summed E-state index contributed by atoms with van der Waals surface area (Å²) in [6.07, 6.45) is 0. The third-order valence-electron chi connectivity index (χ3n) is 5.95. The average molecular weight is 471 g/mol. The number of urea groups is 1. The number of nitrogens with zero attached hydrogens (tertiary/aromatic N) is 3. The summed E-state index contributed by atoms with van der Waals surface area (Å²) >= 11 is 6.39. The largest absolute Gasteiger partial charge is 0.334 e. The first kappa shape index (κ1) is 21.9. The topological polar surface area (TPSA) is 71.3 Å². The lowest BCUT2D eigenvalue weighted by Crippen LogP contribution is -2.45. The number of allylic oxidation sites excluding steroid dienone is 1. The van der Waals surface area contributed by atoms with Crippen LogP contribution >= 0.6 is 11.6 Å². The zero-order valence-electron chi connectivity index (χ0n) is 18.8. The Kier molecular flexibility index (Phi) is 5.90. The van der Waals surface area contributed by atoms with Crippen LogP contribution in [0.4, 0.5) is 4.79 Å². The van der Waals surface area contributed by atoms with Gasteiger partial charge in [-0.1, -0.05) is 89.1 Å². The summed E-state index contributed by atoms with van der Waals surface area (Å²) in [6.45, 7) is 4.24. The zero-order valence-corrected chi connectivity index (χ0v) is 19.6. The van der Waals surface area contributed by atoms with Crippen LogP contribution in [-0.2, 0) is 6.54 Å². The van der Waals surface area contributed by atoms with Gasteiger partial charge < -0.3 is 9.84 Å². The summed E-state index contributed by atoms with van der Waals surface area (Å²) in [5.74, 6) is 0.868. The van der Waals surface area contributed by atoms with Crippen molar-refractivity contribution in [3.8, 4) is 11.4 Å². The van der Waals surface area contributed by atoms with Crippen LogP contribution in [0.2, 0.25) is 5.02 Å². The molecule has 5 rings (SSSR count). The predicted molar refractivity (Wildman–Crippen MR) is 132 cm³/mol. The fourth-order valence-corrected chi connectivity index (χ4v) is 4.37. The summed E-state index contributed by atoms with van der Waals surface area (Å²) in [6, 6.07) is 24.6. The lowest BCUT2D eigenvalue weighted by Gasteiger charge is -2.35. The van der Waals surface area contributed by atoms with Gasteiger partial charge in [0, 0.05) is 16.3 Å². The van der Waals surface area contributed by atoms with E-state index in [1.165, 1.54) is 0 Å². The molecule has 170 valence electrons. The van der Waals surface area contributed by atoms with Crippen LogP contribution < -0.4 is 5.32 Å². The van der Waals surface area contributed by atoms with Crippen LogP contribution in [0.25, 0.3) is 17.0 Å². The van der Waals surface area contributed by atoms with Crippen molar-refractivity contribution in [1.82, 2.24) is 20.4 Å². The van der Waals surface area contributed by atoms with E-state index in [2.05, 4.69) is 10.5 Å². The summed E-state index contributed by atoms with van der Waals surface area (Å²) < 4.78 is 5.76. The van der Waals surface area contributed by atoms with Gasteiger partial charge in [0.2, 0.25) is 5.82 Å². The van der Waals surface area contributed by atoms with Crippen molar-refractivity contribution in [2.75, 3.05) is 0 Å². The molecule has 7 heteroatoms. The van der Waals surface area contributed by atoms with E-state index in [0.717, 1.165) is 33.5 Å². The van der Waals surface area contributed by atoms with E-state index in [1.807, 2.05) is 92.7 Å². The zero-order chi connectivity index (χ0) is 23.7. The number of hydrogen-bond acceptors (Lipinski definition) is 4. The first-order chi connectivity index (χ1) is 16.5. The highest BCUT2D eigenvalue weighted by atomic mass is 35.5. The van der Waals surface area contributed by atoms with Crippen LogP contribution in [0.15, 0.2) is 89.1 Å². The second-order valence-electron chi connectivity index (χ2n) is 8.26. The number of benzene rings is 3. The number of aromatic nitrogens is 2.